The van der Waals surface area contributed by atoms with Crippen LogP contribution in [0.1, 0.15) is 63.5 Å². The van der Waals surface area contributed by atoms with E-state index >= 15 is 0 Å². The molecule has 0 aliphatic heterocycles. The maximum Gasteiger partial charge on any atom is 0.141 e. The van der Waals surface area contributed by atoms with E-state index in [4.69, 9.17) is 9.15 Å². The molecule has 2 aromatic heterocycles. The van der Waals surface area contributed by atoms with Crippen LogP contribution < -0.4 is 10.1 Å². The third-order valence-corrected chi connectivity index (χ3v) is 6.39. The Hall–Kier alpha value is -3.34. The zero-order valence-electron chi connectivity index (χ0n) is 19.5. The van der Waals surface area contributed by atoms with Gasteiger partial charge in [-0.15, -0.1) is 0 Å². The molecule has 2 heterocycles. The number of methoxy groups -OCH3 is 1. The standard InChI is InChI=1S/C27H31N3O2/c1-6-17(3)20-11-10-19(25-9-8-12-32-25)13-24(20)30-27-22-14-21(18(4)7-2)26(31-5)15-23(22)28-16-29-27/h8-18H,6-7H2,1-5H3,(H,28,29,30). The summed E-state index contributed by atoms with van der Waals surface area (Å²) in [6, 6.07) is 14.5. The molecule has 0 amide bonds. The third-order valence-electron chi connectivity index (χ3n) is 6.39. The van der Waals surface area contributed by atoms with Crippen molar-refractivity contribution in [2.24, 2.45) is 0 Å². The van der Waals surface area contributed by atoms with Gasteiger partial charge in [0, 0.05) is 22.7 Å². The van der Waals surface area contributed by atoms with Crippen LogP contribution in [-0.4, -0.2) is 17.1 Å². The van der Waals surface area contributed by atoms with Gasteiger partial charge in [-0.1, -0.05) is 39.8 Å². The van der Waals surface area contributed by atoms with Crippen molar-refractivity contribution in [2.45, 2.75) is 52.4 Å². The lowest BCUT2D eigenvalue weighted by atomic mass is 9.94. The topological polar surface area (TPSA) is 60.2 Å². The van der Waals surface area contributed by atoms with E-state index in [-0.39, 0.29) is 0 Å². The van der Waals surface area contributed by atoms with Gasteiger partial charge in [0.25, 0.3) is 0 Å². The lowest BCUT2D eigenvalue weighted by Gasteiger charge is -2.19. The largest absolute Gasteiger partial charge is 0.496 e. The van der Waals surface area contributed by atoms with Gasteiger partial charge in [0.1, 0.15) is 23.7 Å². The van der Waals surface area contributed by atoms with Crippen molar-refractivity contribution >= 4 is 22.4 Å². The second kappa shape index (κ2) is 9.43. The Balaban J connectivity index is 1.84. The summed E-state index contributed by atoms with van der Waals surface area (Å²) in [5.74, 6) is 3.30. The molecule has 0 aliphatic carbocycles. The molecule has 0 radical (unpaired) electrons. The van der Waals surface area contributed by atoms with Gasteiger partial charge in [-0.3, -0.25) is 0 Å². The lowest BCUT2D eigenvalue weighted by molar-refractivity contribution is 0.406. The number of aromatic nitrogens is 2. The van der Waals surface area contributed by atoms with E-state index in [1.54, 1.807) is 19.7 Å². The Morgan fingerprint density at radius 1 is 0.969 bits per heavy atom. The first-order valence-corrected chi connectivity index (χ1v) is 11.3. The van der Waals surface area contributed by atoms with Gasteiger partial charge < -0.3 is 14.5 Å². The molecule has 5 heteroatoms. The molecular formula is C27H31N3O2. The number of fused-ring (bicyclic) bond motifs is 1. The monoisotopic (exact) mass is 429 g/mol. The Labute approximate surface area is 189 Å². The van der Waals surface area contributed by atoms with E-state index in [0.29, 0.717) is 11.8 Å². The molecule has 2 unspecified atom stereocenters. The van der Waals surface area contributed by atoms with E-state index in [2.05, 4.69) is 67.2 Å². The van der Waals surface area contributed by atoms with Crippen LogP contribution in [0.3, 0.4) is 0 Å². The number of hydrogen-bond donors (Lipinski definition) is 1. The van der Waals surface area contributed by atoms with Crippen LogP contribution in [0.15, 0.2) is 59.5 Å². The Morgan fingerprint density at radius 3 is 2.44 bits per heavy atom. The summed E-state index contributed by atoms with van der Waals surface area (Å²) >= 11 is 0. The summed E-state index contributed by atoms with van der Waals surface area (Å²) in [6.07, 6.45) is 5.38. The van der Waals surface area contributed by atoms with Crippen LogP contribution in [-0.2, 0) is 0 Å². The van der Waals surface area contributed by atoms with Crippen LogP contribution in [0, 0.1) is 0 Å². The summed E-state index contributed by atoms with van der Waals surface area (Å²) in [5, 5.41) is 4.61. The van der Waals surface area contributed by atoms with Gasteiger partial charge in [-0.2, -0.15) is 0 Å². The van der Waals surface area contributed by atoms with Crippen molar-refractivity contribution in [3.05, 3.63) is 66.2 Å². The molecule has 4 rings (SSSR count). The zero-order chi connectivity index (χ0) is 22.7. The van der Waals surface area contributed by atoms with Crippen molar-refractivity contribution in [3.8, 4) is 17.1 Å². The summed E-state index contributed by atoms with van der Waals surface area (Å²) in [7, 11) is 1.71. The zero-order valence-corrected chi connectivity index (χ0v) is 19.5. The number of rotatable bonds is 8. The van der Waals surface area contributed by atoms with Crippen molar-refractivity contribution < 1.29 is 9.15 Å². The fraction of sp³-hybridized carbons (Fsp3) is 0.333. The molecule has 0 aliphatic rings. The second-order valence-corrected chi connectivity index (χ2v) is 8.36. The van der Waals surface area contributed by atoms with Crippen molar-refractivity contribution in [2.75, 3.05) is 12.4 Å². The molecule has 4 aromatic rings. The molecule has 0 bridgehead atoms. The highest BCUT2D eigenvalue weighted by atomic mass is 16.5. The summed E-state index contributed by atoms with van der Waals surface area (Å²) in [5.41, 5.74) is 5.36. The molecule has 5 nitrogen and oxygen atoms in total. The first-order chi connectivity index (χ1) is 15.5. The highest BCUT2D eigenvalue weighted by Gasteiger charge is 2.17. The molecule has 2 aromatic carbocycles. The van der Waals surface area contributed by atoms with Crippen molar-refractivity contribution in [1.29, 1.82) is 0 Å². The van der Waals surface area contributed by atoms with Crippen LogP contribution in [0.5, 0.6) is 5.75 Å². The minimum Gasteiger partial charge on any atom is -0.496 e. The molecule has 166 valence electrons. The van der Waals surface area contributed by atoms with E-state index in [0.717, 1.165) is 52.3 Å². The molecule has 0 fully saturated rings. The molecule has 1 N–H and O–H groups in total. The van der Waals surface area contributed by atoms with Crippen molar-refractivity contribution in [3.63, 3.8) is 0 Å². The van der Waals surface area contributed by atoms with Gasteiger partial charge in [0.2, 0.25) is 0 Å². The number of nitrogens with one attached hydrogen (secondary N) is 1. The average Bonchev–Trinajstić information content (AvgIpc) is 3.37. The van der Waals surface area contributed by atoms with E-state index < -0.39 is 0 Å². The fourth-order valence-electron chi connectivity index (χ4n) is 4.02. The number of hydrogen-bond acceptors (Lipinski definition) is 5. The van der Waals surface area contributed by atoms with Crippen molar-refractivity contribution in [1.82, 2.24) is 9.97 Å². The van der Waals surface area contributed by atoms with E-state index in [9.17, 15) is 0 Å². The van der Waals surface area contributed by atoms with Gasteiger partial charge in [0.05, 0.1) is 18.9 Å². The maximum atomic E-state index is 5.67. The number of nitrogens with zero attached hydrogens (tertiary/aromatic N) is 2. The third kappa shape index (κ3) is 4.20. The van der Waals surface area contributed by atoms with Gasteiger partial charge >= 0.3 is 0 Å². The minimum absolute atomic E-state index is 0.375. The second-order valence-electron chi connectivity index (χ2n) is 8.36. The smallest absolute Gasteiger partial charge is 0.141 e. The predicted octanol–water partition coefficient (Wildman–Crippen LogP) is 7.67. The first-order valence-electron chi connectivity index (χ1n) is 11.3. The van der Waals surface area contributed by atoms with E-state index in [1.165, 1.54) is 11.1 Å². The lowest BCUT2D eigenvalue weighted by Crippen LogP contribution is -2.03. The molecule has 32 heavy (non-hydrogen) atoms. The minimum atomic E-state index is 0.375. The van der Waals surface area contributed by atoms with Crippen LogP contribution in [0.25, 0.3) is 22.2 Å². The predicted molar refractivity (Wildman–Crippen MR) is 131 cm³/mol. The number of ether oxygens (including phenoxy) is 1. The molecule has 0 spiro atoms. The Bertz CT molecular complexity index is 1200. The van der Waals surface area contributed by atoms with Gasteiger partial charge in [-0.05, 0) is 60.1 Å². The van der Waals surface area contributed by atoms with Gasteiger partial charge in [-0.25, -0.2) is 9.97 Å². The van der Waals surface area contributed by atoms with Gasteiger partial charge in [0.15, 0.2) is 0 Å². The van der Waals surface area contributed by atoms with Crippen LogP contribution in [0.4, 0.5) is 11.5 Å². The van der Waals surface area contributed by atoms with Crippen LogP contribution >= 0.6 is 0 Å². The SMILES string of the molecule is CCC(C)c1ccc(-c2ccco2)cc1Nc1ncnc2cc(OC)c(C(C)CC)cc12. The Kier molecular flexibility index (Phi) is 6.45. The summed E-state index contributed by atoms with van der Waals surface area (Å²) < 4.78 is 11.3. The van der Waals surface area contributed by atoms with E-state index in [1.807, 2.05) is 18.2 Å². The quantitative estimate of drug-likeness (QED) is 0.311. The molecule has 0 saturated carbocycles. The first kappa shape index (κ1) is 21.9. The maximum absolute atomic E-state index is 5.67. The average molecular weight is 430 g/mol. The summed E-state index contributed by atoms with van der Waals surface area (Å²) in [6.45, 7) is 8.86. The highest BCUT2D eigenvalue weighted by Crippen LogP contribution is 2.37. The normalized spacial score (nSPS) is 13.2. The van der Waals surface area contributed by atoms with Crippen LogP contribution in [0.2, 0.25) is 0 Å². The number of benzene rings is 2. The Morgan fingerprint density at radius 2 is 1.75 bits per heavy atom. The molecular weight excluding hydrogens is 398 g/mol. The fourth-order valence-corrected chi connectivity index (χ4v) is 4.02. The summed E-state index contributed by atoms with van der Waals surface area (Å²) in [4.78, 5) is 9.12. The number of furan rings is 1. The number of anilines is 2. The molecule has 0 saturated heterocycles. The molecule has 2 atom stereocenters. The highest BCUT2D eigenvalue weighted by molar-refractivity contribution is 5.93.